The van der Waals surface area contributed by atoms with Gasteiger partial charge in [0.15, 0.2) is 0 Å². The van der Waals surface area contributed by atoms with Gasteiger partial charge in [-0.05, 0) is 48.4 Å². The van der Waals surface area contributed by atoms with Crippen LogP contribution >= 0.6 is 0 Å². The van der Waals surface area contributed by atoms with Crippen molar-refractivity contribution in [3.05, 3.63) is 90.1 Å². The lowest BCUT2D eigenvalue weighted by molar-refractivity contribution is 0.0951. The first-order valence-corrected chi connectivity index (χ1v) is 8.68. The molecule has 6 heteroatoms. The van der Waals surface area contributed by atoms with E-state index in [1.165, 1.54) is 0 Å². The van der Waals surface area contributed by atoms with Crippen LogP contribution in [0.3, 0.4) is 0 Å². The van der Waals surface area contributed by atoms with Crippen molar-refractivity contribution >= 4 is 5.91 Å². The number of nitrogens with zero attached hydrogens (tertiary/aromatic N) is 3. The van der Waals surface area contributed by atoms with Crippen LogP contribution in [0.1, 0.15) is 21.7 Å². The van der Waals surface area contributed by atoms with Gasteiger partial charge in [0, 0.05) is 36.4 Å². The van der Waals surface area contributed by atoms with Gasteiger partial charge >= 0.3 is 0 Å². The standard InChI is InChI=1S/C21H19N5O/c1-15-22-12-13-26(15)19-8-2-16(3-9-19)14-23-21(27)18-6-4-17(5-7-18)20-10-11-24-25-20/h2-13H,14H2,1H3,(H,23,27)(H,24,25). The fourth-order valence-corrected chi connectivity index (χ4v) is 2.93. The molecule has 0 unspecified atom stereocenters. The number of hydrogen-bond donors (Lipinski definition) is 2. The van der Waals surface area contributed by atoms with E-state index >= 15 is 0 Å². The minimum absolute atomic E-state index is 0.0966. The van der Waals surface area contributed by atoms with Crippen LogP contribution in [-0.2, 0) is 6.54 Å². The summed E-state index contributed by atoms with van der Waals surface area (Å²) < 4.78 is 2.02. The van der Waals surface area contributed by atoms with Crippen molar-refractivity contribution in [2.75, 3.05) is 0 Å². The molecule has 0 aliphatic rings. The normalized spacial score (nSPS) is 10.7. The molecule has 0 atom stereocenters. The molecule has 0 aliphatic carbocycles. The molecule has 2 heterocycles. The first kappa shape index (κ1) is 16.8. The van der Waals surface area contributed by atoms with E-state index in [9.17, 15) is 4.79 Å². The Bertz CT molecular complexity index is 1030. The van der Waals surface area contributed by atoms with Gasteiger partial charge in [0.2, 0.25) is 0 Å². The zero-order chi connectivity index (χ0) is 18.6. The second kappa shape index (κ2) is 7.29. The SMILES string of the molecule is Cc1nccn1-c1ccc(CNC(=O)c2ccc(-c3ccn[nH]3)cc2)cc1. The molecule has 0 bridgehead atoms. The molecule has 0 aliphatic heterocycles. The Kier molecular flexibility index (Phi) is 4.53. The van der Waals surface area contributed by atoms with E-state index in [4.69, 9.17) is 0 Å². The number of rotatable bonds is 5. The smallest absolute Gasteiger partial charge is 0.251 e. The Morgan fingerprint density at radius 2 is 1.81 bits per heavy atom. The van der Waals surface area contributed by atoms with Gasteiger partial charge in [-0.2, -0.15) is 5.10 Å². The largest absolute Gasteiger partial charge is 0.348 e. The summed E-state index contributed by atoms with van der Waals surface area (Å²) >= 11 is 0. The number of aromatic amines is 1. The lowest BCUT2D eigenvalue weighted by Gasteiger charge is -2.08. The fraction of sp³-hybridized carbons (Fsp3) is 0.0952. The second-order valence-electron chi connectivity index (χ2n) is 6.24. The van der Waals surface area contributed by atoms with Crippen molar-refractivity contribution < 1.29 is 4.79 Å². The van der Waals surface area contributed by atoms with Crippen LogP contribution in [0.2, 0.25) is 0 Å². The third-order valence-corrected chi connectivity index (χ3v) is 4.45. The Morgan fingerprint density at radius 3 is 2.44 bits per heavy atom. The predicted molar refractivity (Wildman–Crippen MR) is 103 cm³/mol. The van der Waals surface area contributed by atoms with Crippen molar-refractivity contribution in [3.63, 3.8) is 0 Å². The lowest BCUT2D eigenvalue weighted by Crippen LogP contribution is -2.22. The van der Waals surface area contributed by atoms with E-state index in [1.807, 2.05) is 72.3 Å². The van der Waals surface area contributed by atoms with Gasteiger partial charge in [0.05, 0.1) is 5.69 Å². The molecule has 0 radical (unpaired) electrons. The van der Waals surface area contributed by atoms with Crippen molar-refractivity contribution in [2.45, 2.75) is 13.5 Å². The molecular weight excluding hydrogens is 338 g/mol. The predicted octanol–water partition coefficient (Wildman–Crippen LogP) is 3.50. The maximum atomic E-state index is 12.4. The molecule has 134 valence electrons. The average molecular weight is 357 g/mol. The minimum atomic E-state index is -0.0966. The fourth-order valence-electron chi connectivity index (χ4n) is 2.93. The number of aromatic nitrogens is 4. The van der Waals surface area contributed by atoms with Gasteiger partial charge in [0.25, 0.3) is 5.91 Å². The Morgan fingerprint density at radius 1 is 1.04 bits per heavy atom. The minimum Gasteiger partial charge on any atom is -0.348 e. The molecule has 1 amide bonds. The number of imidazole rings is 1. The van der Waals surface area contributed by atoms with Gasteiger partial charge in [0.1, 0.15) is 5.82 Å². The number of carbonyl (C=O) groups excluding carboxylic acids is 1. The molecule has 2 N–H and O–H groups in total. The number of benzene rings is 2. The summed E-state index contributed by atoms with van der Waals surface area (Å²) in [6.07, 6.45) is 5.41. The second-order valence-corrected chi connectivity index (χ2v) is 6.24. The van der Waals surface area contributed by atoms with Crippen molar-refractivity contribution in [3.8, 4) is 16.9 Å². The zero-order valence-electron chi connectivity index (χ0n) is 14.9. The summed E-state index contributed by atoms with van der Waals surface area (Å²) in [5, 5.41) is 9.80. The summed E-state index contributed by atoms with van der Waals surface area (Å²) in [4.78, 5) is 16.6. The van der Waals surface area contributed by atoms with Crippen LogP contribution < -0.4 is 5.32 Å². The quantitative estimate of drug-likeness (QED) is 0.574. The van der Waals surface area contributed by atoms with E-state index in [-0.39, 0.29) is 5.91 Å². The number of hydrogen-bond acceptors (Lipinski definition) is 3. The summed E-state index contributed by atoms with van der Waals surface area (Å²) in [5.74, 6) is 0.843. The lowest BCUT2D eigenvalue weighted by atomic mass is 10.1. The number of nitrogens with one attached hydrogen (secondary N) is 2. The zero-order valence-corrected chi connectivity index (χ0v) is 14.9. The van der Waals surface area contributed by atoms with E-state index < -0.39 is 0 Å². The number of aryl methyl sites for hydroxylation is 1. The molecule has 2 aromatic heterocycles. The third kappa shape index (κ3) is 3.64. The molecular formula is C21H19N5O. The van der Waals surface area contributed by atoms with E-state index in [0.717, 1.165) is 28.3 Å². The monoisotopic (exact) mass is 357 g/mol. The molecule has 2 aromatic carbocycles. The average Bonchev–Trinajstić information content (AvgIpc) is 3.39. The molecule has 0 saturated carbocycles. The number of H-pyrrole nitrogens is 1. The molecule has 0 fully saturated rings. The van der Waals surface area contributed by atoms with Gasteiger partial charge in [-0.1, -0.05) is 24.3 Å². The highest BCUT2D eigenvalue weighted by Gasteiger charge is 2.07. The topological polar surface area (TPSA) is 75.6 Å². The number of carbonyl (C=O) groups is 1. The highest BCUT2D eigenvalue weighted by Crippen LogP contribution is 2.17. The highest BCUT2D eigenvalue weighted by molar-refractivity contribution is 5.94. The van der Waals surface area contributed by atoms with Gasteiger partial charge in [-0.25, -0.2) is 4.98 Å². The number of amides is 1. The highest BCUT2D eigenvalue weighted by atomic mass is 16.1. The summed E-state index contributed by atoms with van der Waals surface area (Å²) in [5.41, 5.74) is 4.64. The van der Waals surface area contributed by atoms with E-state index in [0.29, 0.717) is 12.1 Å². The molecule has 4 aromatic rings. The Hall–Kier alpha value is -3.67. The van der Waals surface area contributed by atoms with Gasteiger partial charge in [-0.15, -0.1) is 0 Å². The van der Waals surface area contributed by atoms with Crippen molar-refractivity contribution in [2.24, 2.45) is 0 Å². The molecule has 6 nitrogen and oxygen atoms in total. The maximum absolute atomic E-state index is 12.4. The third-order valence-electron chi connectivity index (χ3n) is 4.45. The molecule has 0 spiro atoms. The molecule has 27 heavy (non-hydrogen) atoms. The van der Waals surface area contributed by atoms with Crippen LogP contribution in [0.15, 0.2) is 73.2 Å². The van der Waals surface area contributed by atoms with Crippen LogP contribution in [-0.4, -0.2) is 25.7 Å². The maximum Gasteiger partial charge on any atom is 0.251 e. The van der Waals surface area contributed by atoms with Crippen molar-refractivity contribution in [1.29, 1.82) is 0 Å². The summed E-state index contributed by atoms with van der Waals surface area (Å²) in [6, 6.07) is 17.4. The van der Waals surface area contributed by atoms with Gasteiger partial charge in [-0.3, -0.25) is 9.89 Å². The first-order valence-electron chi connectivity index (χ1n) is 8.68. The van der Waals surface area contributed by atoms with Crippen LogP contribution in [0.5, 0.6) is 0 Å². The van der Waals surface area contributed by atoms with Crippen LogP contribution in [0.25, 0.3) is 16.9 Å². The first-order chi connectivity index (χ1) is 13.2. The van der Waals surface area contributed by atoms with Crippen LogP contribution in [0, 0.1) is 6.92 Å². The Balaban J connectivity index is 1.38. The Labute approximate surface area is 156 Å². The summed E-state index contributed by atoms with van der Waals surface area (Å²) in [7, 11) is 0. The van der Waals surface area contributed by atoms with Crippen molar-refractivity contribution in [1.82, 2.24) is 25.1 Å². The van der Waals surface area contributed by atoms with Gasteiger partial charge < -0.3 is 9.88 Å². The van der Waals surface area contributed by atoms with E-state index in [2.05, 4.69) is 20.5 Å². The molecule has 4 rings (SSSR count). The molecule has 0 saturated heterocycles. The van der Waals surface area contributed by atoms with Crippen LogP contribution in [0.4, 0.5) is 0 Å². The van der Waals surface area contributed by atoms with E-state index in [1.54, 1.807) is 12.4 Å². The summed E-state index contributed by atoms with van der Waals surface area (Å²) in [6.45, 7) is 2.44.